The summed E-state index contributed by atoms with van der Waals surface area (Å²) < 4.78 is 47.8. The van der Waals surface area contributed by atoms with Gasteiger partial charge in [-0.25, -0.2) is 9.50 Å². The number of aromatic nitrogens is 3. The molecule has 1 aliphatic carbocycles. The van der Waals surface area contributed by atoms with Crippen LogP contribution >= 0.6 is 8.60 Å². The van der Waals surface area contributed by atoms with E-state index in [0.717, 1.165) is 0 Å². The van der Waals surface area contributed by atoms with Crippen molar-refractivity contribution in [3.63, 3.8) is 0 Å². The fourth-order valence-corrected chi connectivity index (χ4v) is 3.66. The summed E-state index contributed by atoms with van der Waals surface area (Å²) >= 11 is 0. The number of carbonyl (C=O) groups excluding carboxylic acids is 1. The first-order valence-corrected chi connectivity index (χ1v) is 12.4. The van der Waals surface area contributed by atoms with E-state index < -0.39 is 38.6 Å². The van der Waals surface area contributed by atoms with E-state index in [9.17, 15) is 13.6 Å². The lowest BCUT2D eigenvalue weighted by atomic mass is 10.0. The highest BCUT2D eigenvalue weighted by molar-refractivity contribution is 7.39. The number of halogens is 2. The number of rotatable bonds is 10. The number of nitrogens with zero attached hydrogens (tertiary/aromatic N) is 3. The van der Waals surface area contributed by atoms with Gasteiger partial charge >= 0.3 is 15.2 Å². The van der Waals surface area contributed by atoms with Gasteiger partial charge in [-0.05, 0) is 38.5 Å². The highest BCUT2D eigenvalue weighted by atomic mass is 31.2. The maximum atomic E-state index is 12.9. The monoisotopic (exact) mass is 542 g/mol. The smallest absolute Gasteiger partial charge is 0.387 e. The number of nitrogens with two attached hydrogens (primary N) is 1. The fraction of sp³-hybridized carbons (Fsp3) is 0.435. The van der Waals surface area contributed by atoms with E-state index in [0.29, 0.717) is 22.5 Å². The predicted octanol–water partition coefficient (Wildman–Crippen LogP) is 4.05. The van der Waals surface area contributed by atoms with Crippen LogP contribution in [0.3, 0.4) is 0 Å². The standard InChI is InChI=1S/C20H23F2N4O7P.C3H6/c1-10(20(2,3)33-34(28)29)31-12-7-24-18-13(8-25-26(18)9-12)11-5-14(30-4)16(17(23)27)15(6-11)32-19(21)22;1-2-3-1/h5-10,19,28-29H,1-4H3,(H2,23,27);1-3H2. The fourth-order valence-electron chi connectivity index (χ4n) is 3.09. The Hall–Kier alpha value is -3.12. The molecule has 0 radical (unpaired) electrons. The number of benzene rings is 1. The molecule has 1 unspecified atom stereocenters. The third-order valence-electron chi connectivity index (χ3n) is 5.35. The molecule has 0 spiro atoms. The van der Waals surface area contributed by atoms with Crippen molar-refractivity contribution in [3.8, 4) is 28.4 Å². The Kier molecular flexibility index (Phi) is 9.19. The number of carbonyl (C=O) groups is 1. The lowest BCUT2D eigenvalue weighted by molar-refractivity contribution is -0.0502. The van der Waals surface area contributed by atoms with Crippen molar-refractivity contribution in [2.45, 2.75) is 58.4 Å². The molecule has 4 rings (SSSR count). The van der Waals surface area contributed by atoms with Crippen LogP contribution in [0.15, 0.2) is 30.7 Å². The average molecular weight is 542 g/mol. The zero-order chi connectivity index (χ0) is 27.3. The molecule has 0 aliphatic heterocycles. The van der Waals surface area contributed by atoms with E-state index in [1.165, 1.54) is 61.6 Å². The first-order chi connectivity index (χ1) is 17.4. The molecule has 2 aromatic heterocycles. The normalized spacial score (nSPS) is 13.8. The number of primary amides is 1. The van der Waals surface area contributed by atoms with Gasteiger partial charge in [-0.15, -0.1) is 0 Å². The minimum atomic E-state index is -3.19. The maximum absolute atomic E-state index is 12.9. The highest BCUT2D eigenvalue weighted by Crippen LogP contribution is 2.38. The largest absolute Gasteiger partial charge is 0.496 e. The van der Waals surface area contributed by atoms with Gasteiger partial charge in [-0.1, -0.05) is 19.3 Å². The molecule has 1 amide bonds. The summed E-state index contributed by atoms with van der Waals surface area (Å²) in [6.07, 6.45) is 8.30. The molecule has 3 aromatic rings. The van der Waals surface area contributed by atoms with Crippen molar-refractivity contribution in [1.82, 2.24) is 14.6 Å². The van der Waals surface area contributed by atoms with Crippen molar-refractivity contribution in [2.24, 2.45) is 5.73 Å². The molecule has 2 heterocycles. The van der Waals surface area contributed by atoms with E-state index in [4.69, 9.17) is 29.5 Å². The van der Waals surface area contributed by atoms with Crippen LogP contribution in [0.4, 0.5) is 8.78 Å². The van der Waals surface area contributed by atoms with Crippen LogP contribution in [0, 0.1) is 0 Å². The second kappa shape index (κ2) is 12.0. The molecule has 1 saturated carbocycles. The van der Waals surface area contributed by atoms with Gasteiger partial charge in [-0.2, -0.15) is 13.9 Å². The zero-order valence-electron chi connectivity index (χ0n) is 20.7. The Morgan fingerprint density at radius 3 is 2.35 bits per heavy atom. The molecule has 37 heavy (non-hydrogen) atoms. The maximum Gasteiger partial charge on any atom is 0.387 e. The summed E-state index contributed by atoms with van der Waals surface area (Å²) in [6.45, 7) is 1.77. The number of methoxy groups -OCH3 is 1. The van der Waals surface area contributed by atoms with Gasteiger partial charge in [0.25, 0.3) is 5.91 Å². The highest BCUT2D eigenvalue weighted by Gasteiger charge is 2.32. The van der Waals surface area contributed by atoms with Gasteiger partial charge in [0.2, 0.25) is 0 Å². The van der Waals surface area contributed by atoms with Crippen LogP contribution in [0.2, 0.25) is 0 Å². The molecule has 1 atom stereocenters. The van der Waals surface area contributed by atoms with Gasteiger partial charge in [0.15, 0.2) is 11.4 Å². The second-order valence-corrected chi connectivity index (χ2v) is 9.37. The molecule has 4 N–H and O–H groups in total. The zero-order valence-corrected chi connectivity index (χ0v) is 21.6. The van der Waals surface area contributed by atoms with E-state index in [-0.39, 0.29) is 11.3 Å². The summed E-state index contributed by atoms with van der Waals surface area (Å²) in [4.78, 5) is 34.4. The quantitative estimate of drug-likeness (QED) is 0.322. The van der Waals surface area contributed by atoms with Crippen LogP contribution in [0.25, 0.3) is 16.8 Å². The van der Waals surface area contributed by atoms with Crippen LogP contribution < -0.4 is 19.9 Å². The van der Waals surface area contributed by atoms with E-state index in [1.54, 1.807) is 20.8 Å². The number of amides is 1. The number of ether oxygens (including phenoxy) is 3. The molecule has 1 aromatic carbocycles. The minimum absolute atomic E-state index is 0.0521. The molecule has 0 bridgehead atoms. The van der Waals surface area contributed by atoms with Crippen molar-refractivity contribution >= 4 is 20.2 Å². The van der Waals surface area contributed by atoms with Crippen molar-refractivity contribution < 1.29 is 42.1 Å². The Bertz CT molecular complexity index is 1230. The number of hydrogen-bond acceptors (Lipinski definition) is 9. The Labute approximate surface area is 213 Å². The summed E-state index contributed by atoms with van der Waals surface area (Å²) in [7, 11) is -1.31. The third-order valence-corrected chi connectivity index (χ3v) is 5.99. The third kappa shape index (κ3) is 7.45. The molecule has 0 saturated heterocycles. The van der Waals surface area contributed by atoms with Crippen LogP contribution in [0.1, 0.15) is 50.4 Å². The summed E-state index contributed by atoms with van der Waals surface area (Å²) in [6, 6.07) is 2.66. The first kappa shape index (κ1) is 28.5. The van der Waals surface area contributed by atoms with Crippen LogP contribution in [0.5, 0.6) is 17.2 Å². The summed E-state index contributed by atoms with van der Waals surface area (Å²) in [5.41, 5.74) is 5.11. The first-order valence-electron chi connectivity index (χ1n) is 11.3. The Balaban J connectivity index is 0.00000118. The predicted molar refractivity (Wildman–Crippen MR) is 131 cm³/mol. The van der Waals surface area contributed by atoms with Gasteiger partial charge in [-0.3, -0.25) is 4.79 Å². The summed E-state index contributed by atoms with van der Waals surface area (Å²) in [5.74, 6) is -1.17. The van der Waals surface area contributed by atoms with Crippen molar-refractivity contribution in [3.05, 3.63) is 36.3 Å². The molecule has 202 valence electrons. The SMILES string of the molecule is C1CC1.COc1cc(-c2cnn3cc(OC(C)C(C)(C)OP(O)O)cnc23)cc(OC(F)F)c1C(N)=O. The lowest BCUT2D eigenvalue weighted by Crippen LogP contribution is -2.39. The Morgan fingerprint density at radius 1 is 1.16 bits per heavy atom. The summed E-state index contributed by atoms with van der Waals surface area (Å²) in [5, 5.41) is 4.22. The van der Waals surface area contributed by atoms with Gasteiger partial charge < -0.3 is 34.3 Å². The Morgan fingerprint density at radius 2 is 1.81 bits per heavy atom. The number of fused-ring (bicyclic) bond motifs is 1. The molecular formula is C23H29F2N4O7P. The molecule has 1 aliphatic rings. The minimum Gasteiger partial charge on any atom is -0.496 e. The number of hydrogen-bond donors (Lipinski definition) is 3. The molecular weight excluding hydrogens is 513 g/mol. The van der Waals surface area contributed by atoms with Crippen LogP contribution in [-0.4, -0.2) is 55.7 Å². The van der Waals surface area contributed by atoms with E-state index in [2.05, 4.69) is 14.8 Å². The molecule has 11 nitrogen and oxygen atoms in total. The van der Waals surface area contributed by atoms with Crippen LogP contribution in [-0.2, 0) is 4.52 Å². The molecule has 14 heteroatoms. The second-order valence-electron chi connectivity index (χ2n) is 8.68. The molecule has 1 fully saturated rings. The topological polar surface area (TPSA) is 151 Å². The number of alkyl halides is 2. The van der Waals surface area contributed by atoms with Crippen molar-refractivity contribution in [2.75, 3.05) is 7.11 Å². The van der Waals surface area contributed by atoms with Gasteiger partial charge in [0.1, 0.15) is 28.8 Å². The van der Waals surface area contributed by atoms with E-state index in [1.807, 2.05) is 0 Å². The van der Waals surface area contributed by atoms with Gasteiger partial charge in [0.05, 0.1) is 25.7 Å². The van der Waals surface area contributed by atoms with Crippen molar-refractivity contribution in [1.29, 1.82) is 0 Å². The van der Waals surface area contributed by atoms with Gasteiger partial charge in [0, 0.05) is 5.56 Å². The van der Waals surface area contributed by atoms with E-state index >= 15 is 0 Å². The average Bonchev–Trinajstić information content (AvgIpc) is 3.63. The lowest BCUT2D eigenvalue weighted by Gasteiger charge is -2.31.